The predicted molar refractivity (Wildman–Crippen MR) is 124 cm³/mol. The van der Waals surface area contributed by atoms with Crippen molar-refractivity contribution in [1.29, 1.82) is 0 Å². The zero-order valence-electron chi connectivity index (χ0n) is 18.2. The van der Waals surface area contributed by atoms with Crippen molar-refractivity contribution in [2.45, 2.75) is 32.4 Å². The van der Waals surface area contributed by atoms with E-state index in [1.165, 1.54) is 28.8 Å². The molecule has 0 fully saturated rings. The number of carbonyl (C=O) groups excluding carboxylic acids is 1. The van der Waals surface area contributed by atoms with Crippen molar-refractivity contribution in [3.63, 3.8) is 0 Å². The van der Waals surface area contributed by atoms with Crippen molar-refractivity contribution in [3.05, 3.63) is 106 Å². The van der Waals surface area contributed by atoms with Crippen LogP contribution in [0.25, 0.3) is 0 Å². The summed E-state index contributed by atoms with van der Waals surface area (Å²) in [4.78, 5) is 15.6. The van der Waals surface area contributed by atoms with Gasteiger partial charge in [-0.1, -0.05) is 66.2 Å². The van der Waals surface area contributed by atoms with E-state index in [1.54, 1.807) is 11.1 Å². The lowest BCUT2D eigenvalue weighted by Gasteiger charge is -2.30. The SMILES string of the molecule is Cc1ccc(C2CC(c3cccc(F)c3)=NN2C(=O)CN2CCc3ccccc3C2)cc1. The second-order valence-electron chi connectivity index (χ2n) is 8.66. The average Bonchev–Trinajstić information content (AvgIpc) is 3.25. The van der Waals surface area contributed by atoms with Gasteiger partial charge in [0.2, 0.25) is 0 Å². The molecule has 2 aliphatic rings. The molecule has 1 amide bonds. The topological polar surface area (TPSA) is 35.9 Å². The Labute approximate surface area is 188 Å². The highest BCUT2D eigenvalue weighted by Gasteiger charge is 2.34. The molecule has 4 nitrogen and oxygen atoms in total. The maximum absolute atomic E-state index is 13.8. The Morgan fingerprint density at radius 3 is 2.59 bits per heavy atom. The van der Waals surface area contributed by atoms with Gasteiger partial charge >= 0.3 is 0 Å². The van der Waals surface area contributed by atoms with Crippen LogP contribution < -0.4 is 0 Å². The van der Waals surface area contributed by atoms with Crippen LogP contribution in [0.15, 0.2) is 77.9 Å². The van der Waals surface area contributed by atoms with Gasteiger partial charge in [-0.05, 0) is 42.2 Å². The van der Waals surface area contributed by atoms with E-state index in [0.717, 1.165) is 36.3 Å². The van der Waals surface area contributed by atoms with Crippen molar-refractivity contribution in [3.8, 4) is 0 Å². The fourth-order valence-electron chi connectivity index (χ4n) is 4.58. The molecule has 1 atom stereocenters. The maximum atomic E-state index is 13.8. The first kappa shape index (κ1) is 20.6. The van der Waals surface area contributed by atoms with Crippen LogP contribution in [0.5, 0.6) is 0 Å². The highest BCUT2D eigenvalue weighted by atomic mass is 19.1. The molecule has 3 aromatic rings. The number of fused-ring (bicyclic) bond motifs is 1. The van der Waals surface area contributed by atoms with Gasteiger partial charge in [-0.3, -0.25) is 9.69 Å². The summed E-state index contributed by atoms with van der Waals surface area (Å²) >= 11 is 0. The Hall–Kier alpha value is -3.31. The number of hydrazone groups is 1. The first-order valence-corrected chi connectivity index (χ1v) is 11.1. The summed E-state index contributed by atoms with van der Waals surface area (Å²) in [6.45, 7) is 3.98. The van der Waals surface area contributed by atoms with Gasteiger partial charge in [0.15, 0.2) is 0 Å². The van der Waals surface area contributed by atoms with Crippen molar-refractivity contribution in [2.24, 2.45) is 5.10 Å². The number of carbonyl (C=O) groups is 1. The van der Waals surface area contributed by atoms with Gasteiger partial charge < -0.3 is 0 Å². The molecular formula is C27H26FN3O. The molecule has 5 heteroatoms. The molecule has 3 aromatic carbocycles. The summed E-state index contributed by atoms with van der Waals surface area (Å²) in [5.74, 6) is -0.324. The lowest BCUT2D eigenvalue weighted by Crippen LogP contribution is -2.40. The molecular weight excluding hydrogens is 401 g/mol. The number of benzene rings is 3. The molecule has 2 heterocycles. The second-order valence-corrected chi connectivity index (χ2v) is 8.66. The third-order valence-corrected chi connectivity index (χ3v) is 6.35. The minimum Gasteiger partial charge on any atom is -0.290 e. The van der Waals surface area contributed by atoms with Gasteiger partial charge in [-0.25, -0.2) is 9.40 Å². The molecule has 1 unspecified atom stereocenters. The van der Waals surface area contributed by atoms with Crippen LogP contribution in [-0.4, -0.2) is 34.6 Å². The molecule has 0 saturated carbocycles. The Kier molecular flexibility index (Phi) is 5.58. The van der Waals surface area contributed by atoms with E-state index in [0.29, 0.717) is 13.0 Å². The summed E-state index contributed by atoms with van der Waals surface area (Å²) in [5.41, 5.74) is 6.33. The number of aryl methyl sites for hydroxylation is 1. The van der Waals surface area contributed by atoms with Crippen LogP contribution in [0.1, 0.15) is 40.3 Å². The minimum atomic E-state index is -0.297. The van der Waals surface area contributed by atoms with Crippen LogP contribution in [0, 0.1) is 12.7 Å². The standard InChI is InChI=1S/C27H26FN3O/c1-19-9-11-21(12-10-19)26-16-25(22-7-4-8-24(28)15-22)29-31(26)27(32)18-30-14-13-20-5-2-3-6-23(20)17-30/h2-12,15,26H,13-14,16-18H2,1H3. The summed E-state index contributed by atoms with van der Waals surface area (Å²) in [5, 5.41) is 6.31. The predicted octanol–water partition coefficient (Wildman–Crippen LogP) is 4.87. The largest absolute Gasteiger partial charge is 0.290 e. The van der Waals surface area contributed by atoms with E-state index in [1.807, 2.05) is 19.1 Å². The van der Waals surface area contributed by atoms with Gasteiger partial charge in [0.05, 0.1) is 18.3 Å². The molecule has 162 valence electrons. The van der Waals surface area contributed by atoms with Crippen molar-refractivity contribution in [2.75, 3.05) is 13.1 Å². The van der Waals surface area contributed by atoms with E-state index in [2.05, 4.69) is 47.4 Å². The fourth-order valence-corrected chi connectivity index (χ4v) is 4.58. The van der Waals surface area contributed by atoms with Gasteiger partial charge in [-0.15, -0.1) is 0 Å². The molecule has 0 N–H and O–H groups in total. The van der Waals surface area contributed by atoms with Crippen molar-refractivity contribution in [1.82, 2.24) is 9.91 Å². The Morgan fingerprint density at radius 1 is 1.03 bits per heavy atom. The monoisotopic (exact) mass is 427 g/mol. The number of hydrogen-bond donors (Lipinski definition) is 0. The summed E-state index contributed by atoms with van der Waals surface area (Å²) in [7, 11) is 0. The number of hydrogen-bond acceptors (Lipinski definition) is 3. The van der Waals surface area contributed by atoms with Crippen LogP contribution in [0.3, 0.4) is 0 Å². The normalized spacial score (nSPS) is 18.4. The van der Waals surface area contributed by atoms with E-state index < -0.39 is 0 Å². The lowest BCUT2D eigenvalue weighted by atomic mass is 9.97. The van der Waals surface area contributed by atoms with Gasteiger partial charge in [0, 0.05) is 25.1 Å². The van der Waals surface area contributed by atoms with Crippen LogP contribution in [0.2, 0.25) is 0 Å². The van der Waals surface area contributed by atoms with Gasteiger partial charge in [0.1, 0.15) is 5.82 Å². The fraction of sp³-hybridized carbons (Fsp3) is 0.259. The summed E-state index contributed by atoms with van der Waals surface area (Å²) in [6.07, 6.45) is 1.52. The average molecular weight is 428 g/mol. The molecule has 0 bridgehead atoms. The molecule has 0 saturated heterocycles. The van der Waals surface area contributed by atoms with Crippen molar-refractivity contribution < 1.29 is 9.18 Å². The molecule has 0 spiro atoms. The molecule has 2 aliphatic heterocycles. The third kappa shape index (κ3) is 4.21. The highest BCUT2D eigenvalue weighted by molar-refractivity contribution is 6.03. The summed E-state index contributed by atoms with van der Waals surface area (Å²) < 4.78 is 13.8. The van der Waals surface area contributed by atoms with Crippen LogP contribution in [-0.2, 0) is 17.8 Å². The Bertz CT molecular complexity index is 1170. The Balaban J connectivity index is 1.40. The minimum absolute atomic E-state index is 0.0265. The number of rotatable bonds is 4. The van der Waals surface area contributed by atoms with Crippen LogP contribution >= 0.6 is 0 Å². The molecule has 5 rings (SSSR count). The quantitative estimate of drug-likeness (QED) is 0.596. The van der Waals surface area contributed by atoms with E-state index >= 15 is 0 Å². The first-order chi connectivity index (χ1) is 15.6. The number of nitrogens with zero attached hydrogens (tertiary/aromatic N) is 3. The second kappa shape index (κ2) is 8.67. The Morgan fingerprint density at radius 2 is 1.81 bits per heavy atom. The molecule has 0 aromatic heterocycles. The van der Waals surface area contributed by atoms with Gasteiger partial charge in [-0.2, -0.15) is 5.10 Å². The van der Waals surface area contributed by atoms with E-state index in [-0.39, 0.29) is 17.8 Å². The number of amides is 1. The van der Waals surface area contributed by atoms with E-state index in [9.17, 15) is 9.18 Å². The third-order valence-electron chi connectivity index (χ3n) is 6.35. The lowest BCUT2D eigenvalue weighted by molar-refractivity contribution is -0.134. The van der Waals surface area contributed by atoms with E-state index in [4.69, 9.17) is 5.10 Å². The smallest absolute Gasteiger partial charge is 0.257 e. The highest BCUT2D eigenvalue weighted by Crippen LogP contribution is 2.33. The maximum Gasteiger partial charge on any atom is 0.257 e. The first-order valence-electron chi connectivity index (χ1n) is 11.1. The summed E-state index contributed by atoms with van der Waals surface area (Å²) in [6, 6.07) is 22.9. The van der Waals surface area contributed by atoms with Crippen molar-refractivity contribution >= 4 is 11.6 Å². The number of halogens is 1. The van der Waals surface area contributed by atoms with Crippen LogP contribution in [0.4, 0.5) is 4.39 Å². The molecule has 32 heavy (non-hydrogen) atoms. The zero-order chi connectivity index (χ0) is 22.1. The molecule has 0 radical (unpaired) electrons. The zero-order valence-corrected chi connectivity index (χ0v) is 18.2. The van der Waals surface area contributed by atoms with Gasteiger partial charge in [0.25, 0.3) is 5.91 Å². The molecule has 0 aliphatic carbocycles.